The summed E-state index contributed by atoms with van der Waals surface area (Å²) in [5, 5.41) is 3.40. The Morgan fingerprint density at radius 1 is 0.867 bits per heavy atom. The predicted octanol–water partition coefficient (Wildman–Crippen LogP) is 5.20. The van der Waals surface area contributed by atoms with Gasteiger partial charge in [-0.1, -0.05) is 35.9 Å². The number of hydrogen-bond acceptors (Lipinski definition) is 5. The summed E-state index contributed by atoms with van der Waals surface area (Å²) in [6, 6.07) is 17.8. The van der Waals surface area contributed by atoms with E-state index in [4.69, 9.17) is 30.5 Å². The van der Waals surface area contributed by atoms with Crippen LogP contribution in [0.25, 0.3) is 0 Å². The molecule has 30 heavy (non-hydrogen) atoms. The zero-order chi connectivity index (χ0) is 21.5. The zero-order valence-electron chi connectivity index (χ0n) is 16.9. The van der Waals surface area contributed by atoms with E-state index >= 15 is 0 Å². The van der Waals surface area contributed by atoms with Crippen molar-refractivity contribution in [2.45, 2.75) is 6.61 Å². The molecule has 3 aromatic carbocycles. The minimum absolute atomic E-state index is 0.261. The molecule has 0 heterocycles. The van der Waals surface area contributed by atoms with E-state index in [2.05, 4.69) is 5.32 Å². The number of para-hydroxylation sites is 1. The molecule has 0 radical (unpaired) electrons. The number of methoxy groups -OCH3 is 3. The summed E-state index contributed by atoms with van der Waals surface area (Å²) in [5.41, 5.74) is 1.95. The molecule has 0 atom stereocenters. The van der Waals surface area contributed by atoms with Crippen molar-refractivity contribution in [1.82, 2.24) is 0 Å². The molecular formula is C23H22ClNO5. The van der Waals surface area contributed by atoms with Crippen LogP contribution >= 0.6 is 11.6 Å². The standard InChI is InChI=1S/C23H22ClNO5/c1-27-20-12-17(13-21(28-2)22(20)29-3)25-23(26)16-10-8-15(9-11-16)14-30-19-7-5-4-6-18(19)24/h4-13H,14H2,1-3H3,(H,25,26). The highest BCUT2D eigenvalue weighted by Crippen LogP contribution is 2.40. The van der Waals surface area contributed by atoms with Gasteiger partial charge in [0, 0.05) is 23.4 Å². The van der Waals surface area contributed by atoms with Gasteiger partial charge in [-0.3, -0.25) is 4.79 Å². The Balaban J connectivity index is 1.68. The fourth-order valence-corrected chi connectivity index (χ4v) is 3.02. The first-order valence-electron chi connectivity index (χ1n) is 9.13. The van der Waals surface area contributed by atoms with Crippen molar-refractivity contribution in [2.75, 3.05) is 26.6 Å². The summed E-state index contributed by atoms with van der Waals surface area (Å²) in [5.74, 6) is 1.73. The molecule has 0 saturated carbocycles. The molecule has 3 aromatic rings. The molecule has 0 unspecified atom stereocenters. The Hall–Kier alpha value is -3.38. The van der Waals surface area contributed by atoms with Crippen molar-refractivity contribution in [1.29, 1.82) is 0 Å². The van der Waals surface area contributed by atoms with Crippen LogP contribution in [0.5, 0.6) is 23.0 Å². The molecular weight excluding hydrogens is 406 g/mol. The zero-order valence-corrected chi connectivity index (χ0v) is 17.7. The summed E-state index contributed by atoms with van der Waals surface area (Å²) in [7, 11) is 4.56. The predicted molar refractivity (Wildman–Crippen MR) is 116 cm³/mol. The van der Waals surface area contributed by atoms with Crippen LogP contribution in [0.3, 0.4) is 0 Å². The average Bonchev–Trinajstić information content (AvgIpc) is 2.78. The van der Waals surface area contributed by atoms with Crippen LogP contribution in [0.15, 0.2) is 60.7 Å². The van der Waals surface area contributed by atoms with Crippen molar-refractivity contribution in [2.24, 2.45) is 0 Å². The van der Waals surface area contributed by atoms with Crippen molar-refractivity contribution in [3.63, 3.8) is 0 Å². The highest BCUT2D eigenvalue weighted by molar-refractivity contribution is 6.32. The van der Waals surface area contributed by atoms with Crippen LogP contribution in [-0.2, 0) is 6.61 Å². The molecule has 3 rings (SSSR count). The van der Waals surface area contributed by atoms with Crippen molar-refractivity contribution in [3.8, 4) is 23.0 Å². The first kappa shape index (κ1) is 21.3. The largest absolute Gasteiger partial charge is 0.493 e. The maximum absolute atomic E-state index is 12.6. The first-order chi connectivity index (χ1) is 14.5. The minimum atomic E-state index is -0.261. The third-order valence-corrected chi connectivity index (χ3v) is 4.68. The lowest BCUT2D eigenvalue weighted by atomic mass is 10.1. The van der Waals surface area contributed by atoms with Crippen LogP contribution < -0.4 is 24.3 Å². The third kappa shape index (κ3) is 4.96. The second kappa shape index (κ2) is 9.89. The van der Waals surface area contributed by atoms with Gasteiger partial charge in [-0.15, -0.1) is 0 Å². The second-order valence-electron chi connectivity index (χ2n) is 6.28. The summed E-state index contributed by atoms with van der Waals surface area (Å²) < 4.78 is 21.6. The van der Waals surface area contributed by atoms with E-state index in [1.165, 1.54) is 21.3 Å². The third-order valence-electron chi connectivity index (χ3n) is 4.37. The summed E-state index contributed by atoms with van der Waals surface area (Å²) >= 11 is 6.09. The van der Waals surface area contributed by atoms with Gasteiger partial charge in [0.25, 0.3) is 5.91 Å². The molecule has 0 bridgehead atoms. The number of carbonyl (C=O) groups is 1. The van der Waals surface area contributed by atoms with Gasteiger partial charge in [0.1, 0.15) is 12.4 Å². The molecule has 1 amide bonds. The number of benzene rings is 3. The maximum atomic E-state index is 12.6. The number of carbonyl (C=O) groups excluding carboxylic acids is 1. The number of nitrogens with one attached hydrogen (secondary N) is 1. The van der Waals surface area contributed by atoms with Gasteiger partial charge in [-0.05, 0) is 29.8 Å². The lowest BCUT2D eigenvalue weighted by Crippen LogP contribution is -2.12. The molecule has 0 aliphatic rings. The molecule has 0 saturated heterocycles. The lowest BCUT2D eigenvalue weighted by Gasteiger charge is -2.14. The highest BCUT2D eigenvalue weighted by Gasteiger charge is 2.15. The number of anilines is 1. The molecule has 7 heteroatoms. The van der Waals surface area contributed by atoms with Crippen LogP contribution in [0, 0.1) is 0 Å². The van der Waals surface area contributed by atoms with E-state index in [0.29, 0.717) is 45.9 Å². The summed E-state index contributed by atoms with van der Waals surface area (Å²) in [6.45, 7) is 0.346. The summed E-state index contributed by atoms with van der Waals surface area (Å²) in [6.07, 6.45) is 0. The molecule has 0 spiro atoms. The Labute approximate surface area is 180 Å². The highest BCUT2D eigenvalue weighted by atomic mass is 35.5. The Kier molecular flexibility index (Phi) is 7.03. The smallest absolute Gasteiger partial charge is 0.255 e. The first-order valence-corrected chi connectivity index (χ1v) is 9.51. The van der Waals surface area contributed by atoms with Crippen LogP contribution in [-0.4, -0.2) is 27.2 Å². The fraction of sp³-hybridized carbons (Fsp3) is 0.174. The van der Waals surface area contributed by atoms with E-state index in [0.717, 1.165) is 5.56 Å². The lowest BCUT2D eigenvalue weighted by molar-refractivity contribution is 0.102. The van der Waals surface area contributed by atoms with Crippen molar-refractivity contribution >= 4 is 23.2 Å². The maximum Gasteiger partial charge on any atom is 0.255 e. The van der Waals surface area contributed by atoms with E-state index in [-0.39, 0.29) is 5.91 Å². The summed E-state index contributed by atoms with van der Waals surface area (Å²) in [4.78, 5) is 12.6. The average molecular weight is 428 g/mol. The van der Waals surface area contributed by atoms with Gasteiger partial charge in [0.2, 0.25) is 5.75 Å². The SMILES string of the molecule is COc1cc(NC(=O)c2ccc(COc3ccccc3Cl)cc2)cc(OC)c1OC. The Bertz CT molecular complexity index is 995. The van der Waals surface area contributed by atoms with Crippen LogP contribution in [0.4, 0.5) is 5.69 Å². The van der Waals surface area contributed by atoms with Crippen LogP contribution in [0.2, 0.25) is 5.02 Å². The molecule has 1 N–H and O–H groups in total. The monoisotopic (exact) mass is 427 g/mol. The fourth-order valence-electron chi connectivity index (χ4n) is 2.83. The number of hydrogen-bond donors (Lipinski definition) is 1. The van der Waals surface area contributed by atoms with Gasteiger partial charge >= 0.3 is 0 Å². The molecule has 156 valence electrons. The number of rotatable bonds is 8. The normalized spacial score (nSPS) is 10.3. The topological polar surface area (TPSA) is 66.0 Å². The van der Waals surface area contributed by atoms with Crippen LogP contribution in [0.1, 0.15) is 15.9 Å². The van der Waals surface area contributed by atoms with E-state index < -0.39 is 0 Å². The van der Waals surface area contributed by atoms with Crippen molar-refractivity contribution in [3.05, 3.63) is 76.8 Å². The second-order valence-corrected chi connectivity index (χ2v) is 6.69. The van der Waals surface area contributed by atoms with E-state index in [9.17, 15) is 4.79 Å². The van der Waals surface area contributed by atoms with Gasteiger partial charge in [0.15, 0.2) is 11.5 Å². The molecule has 0 aromatic heterocycles. The van der Waals surface area contributed by atoms with Gasteiger partial charge in [-0.2, -0.15) is 0 Å². The molecule has 0 aliphatic heterocycles. The van der Waals surface area contributed by atoms with Gasteiger partial charge in [-0.25, -0.2) is 0 Å². The number of amides is 1. The Morgan fingerprint density at radius 3 is 2.07 bits per heavy atom. The van der Waals surface area contributed by atoms with Gasteiger partial charge in [0.05, 0.1) is 26.4 Å². The molecule has 6 nitrogen and oxygen atoms in total. The van der Waals surface area contributed by atoms with Gasteiger partial charge < -0.3 is 24.3 Å². The molecule has 0 aliphatic carbocycles. The van der Waals surface area contributed by atoms with E-state index in [1.807, 2.05) is 30.3 Å². The van der Waals surface area contributed by atoms with Crippen molar-refractivity contribution < 1.29 is 23.7 Å². The minimum Gasteiger partial charge on any atom is -0.493 e. The number of halogens is 1. The van der Waals surface area contributed by atoms with E-state index in [1.54, 1.807) is 30.3 Å². The molecule has 0 fully saturated rings. The quantitative estimate of drug-likeness (QED) is 0.535. The number of ether oxygens (including phenoxy) is 4. The Morgan fingerprint density at radius 2 is 1.50 bits per heavy atom.